The normalized spacial score (nSPS) is 23.4. The standard InChI is InChI=1S/C30H31N5O2/c1-34-11-13-35(14-12-34)18-19-3-5-20(6-4-19)28-23-9-7-21(15-27(23)32-33-28)25-17-30(25)24-16-22(37-2)8-10-26(24)31-29(30)36/h3-10,15-16,25H,11-14,17-18H2,1-2H3,(H,31,36)(H,32,33)/t25-,30?/m0/s1. The van der Waals surface area contributed by atoms with Crippen LogP contribution >= 0.6 is 0 Å². The van der Waals surface area contributed by atoms with Gasteiger partial charge in [0.1, 0.15) is 5.75 Å². The molecule has 1 saturated heterocycles. The Kier molecular flexibility index (Phi) is 5.13. The maximum atomic E-state index is 13.0. The van der Waals surface area contributed by atoms with E-state index in [0.29, 0.717) is 0 Å². The van der Waals surface area contributed by atoms with E-state index in [4.69, 9.17) is 4.74 Å². The second-order valence-corrected chi connectivity index (χ2v) is 10.7. The molecule has 1 unspecified atom stereocenters. The van der Waals surface area contributed by atoms with E-state index in [0.717, 1.165) is 83.9 Å². The number of methoxy groups -OCH3 is 1. The molecule has 3 aromatic carbocycles. The van der Waals surface area contributed by atoms with Crippen molar-refractivity contribution in [1.29, 1.82) is 0 Å². The summed E-state index contributed by atoms with van der Waals surface area (Å²) in [6.07, 6.45) is 0.806. The van der Waals surface area contributed by atoms with Crippen molar-refractivity contribution < 1.29 is 9.53 Å². The number of aromatic nitrogens is 2. The highest BCUT2D eigenvalue weighted by molar-refractivity contribution is 6.10. The fourth-order valence-electron chi connectivity index (χ4n) is 6.20. The van der Waals surface area contributed by atoms with Crippen molar-refractivity contribution in [3.05, 3.63) is 77.4 Å². The number of piperazine rings is 1. The lowest BCUT2D eigenvalue weighted by Crippen LogP contribution is -2.43. The molecule has 7 rings (SSSR count). The number of rotatable bonds is 5. The van der Waals surface area contributed by atoms with Crippen LogP contribution in [0.1, 0.15) is 29.0 Å². The number of likely N-dealkylation sites (N-methyl/N-ethyl adjacent to an activating group) is 1. The predicted molar refractivity (Wildman–Crippen MR) is 145 cm³/mol. The molecule has 7 heteroatoms. The molecule has 37 heavy (non-hydrogen) atoms. The Morgan fingerprint density at radius 3 is 2.62 bits per heavy atom. The molecule has 2 atom stereocenters. The predicted octanol–water partition coefficient (Wildman–Crippen LogP) is 4.36. The number of ether oxygens (including phenoxy) is 1. The molecule has 1 spiro atoms. The Morgan fingerprint density at radius 2 is 1.84 bits per heavy atom. The van der Waals surface area contributed by atoms with Crippen LogP contribution in [0.3, 0.4) is 0 Å². The number of anilines is 1. The van der Waals surface area contributed by atoms with Crippen molar-refractivity contribution in [1.82, 2.24) is 20.0 Å². The lowest BCUT2D eigenvalue weighted by molar-refractivity contribution is -0.118. The van der Waals surface area contributed by atoms with Gasteiger partial charge in [-0.3, -0.25) is 14.8 Å². The van der Waals surface area contributed by atoms with Gasteiger partial charge in [0.25, 0.3) is 0 Å². The monoisotopic (exact) mass is 493 g/mol. The molecular weight excluding hydrogens is 462 g/mol. The second kappa shape index (κ2) is 8.43. The first kappa shape index (κ1) is 22.5. The van der Waals surface area contributed by atoms with Crippen molar-refractivity contribution in [2.75, 3.05) is 45.7 Å². The molecule has 0 radical (unpaired) electrons. The quantitative estimate of drug-likeness (QED) is 0.432. The lowest BCUT2D eigenvalue weighted by atomic mass is 9.91. The third kappa shape index (κ3) is 3.64. The molecule has 4 aromatic rings. The summed E-state index contributed by atoms with van der Waals surface area (Å²) in [7, 11) is 3.85. The molecule has 1 aromatic heterocycles. The Bertz CT molecular complexity index is 1500. The number of nitrogens with one attached hydrogen (secondary N) is 2. The van der Waals surface area contributed by atoms with Gasteiger partial charge in [0.15, 0.2) is 0 Å². The minimum Gasteiger partial charge on any atom is -0.497 e. The van der Waals surface area contributed by atoms with Gasteiger partial charge in [0.2, 0.25) is 5.91 Å². The molecule has 1 amide bonds. The van der Waals surface area contributed by atoms with Gasteiger partial charge in [-0.25, -0.2) is 0 Å². The summed E-state index contributed by atoms with van der Waals surface area (Å²) in [5.74, 6) is 1.01. The van der Waals surface area contributed by atoms with Gasteiger partial charge in [-0.2, -0.15) is 5.10 Å². The van der Waals surface area contributed by atoms with Crippen LogP contribution in [0, 0.1) is 0 Å². The van der Waals surface area contributed by atoms with Crippen molar-refractivity contribution in [3.63, 3.8) is 0 Å². The molecule has 1 aliphatic carbocycles. The fraction of sp³-hybridized carbons (Fsp3) is 0.333. The summed E-state index contributed by atoms with van der Waals surface area (Å²) in [6.45, 7) is 5.49. The van der Waals surface area contributed by atoms with E-state index in [-0.39, 0.29) is 11.8 Å². The van der Waals surface area contributed by atoms with Gasteiger partial charge in [0, 0.05) is 55.3 Å². The number of hydrogen-bond acceptors (Lipinski definition) is 5. The van der Waals surface area contributed by atoms with E-state index in [2.05, 4.69) is 74.8 Å². The summed E-state index contributed by atoms with van der Waals surface area (Å²) in [6, 6.07) is 21.1. The molecule has 3 aliphatic rings. The van der Waals surface area contributed by atoms with E-state index in [1.807, 2.05) is 18.2 Å². The van der Waals surface area contributed by atoms with Crippen LogP contribution in [0.2, 0.25) is 0 Å². The van der Waals surface area contributed by atoms with Gasteiger partial charge in [-0.1, -0.05) is 36.4 Å². The largest absolute Gasteiger partial charge is 0.497 e. The zero-order valence-electron chi connectivity index (χ0n) is 21.3. The number of nitrogens with zero attached hydrogens (tertiary/aromatic N) is 3. The van der Waals surface area contributed by atoms with Crippen molar-refractivity contribution >= 4 is 22.5 Å². The number of aromatic amines is 1. The molecule has 2 N–H and O–H groups in total. The zero-order chi connectivity index (χ0) is 25.1. The van der Waals surface area contributed by atoms with Crippen molar-refractivity contribution in [2.45, 2.75) is 24.3 Å². The molecule has 188 valence electrons. The average Bonchev–Trinajstić information content (AvgIpc) is 3.45. The maximum absolute atomic E-state index is 13.0. The smallest absolute Gasteiger partial charge is 0.235 e. The maximum Gasteiger partial charge on any atom is 0.235 e. The molecule has 2 fully saturated rings. The van der Waals surface area contributed by atoms with Crippen molar-refractivity contribution in [3.8, 4) is 17.0 Å². The number of benzene rings is 3. The van der Waals surface area contributed by atoms with Crippen LogP contribution in [-0.2, 0) is 16.8 Å². The van der Waals surface area contributed by atoms with E-state index >= 15 is 0 Å². The SMILES string of the molecule is COc1ccc2c(c1)C1(C[C@H]1c1ccc3c(-c4ccc(CN5CCN(C)CC5)cc4)n[nH]c3c1)C(=O)N2. The van der Waals surface area contributed by atoms with E-state index in [1.54, 1.807) is 7.11 Å². The van der Waals surface area contributed by atoms with Crippen LogP contribution in [0.5, 0.6) is 5.75 Å². The number of carbonyl (C=O) groups is 1. The van der Waals surface area contributed by atoms with Gasteiger partial charge < -0.3 is 15.0 Å². The van der Waals surface area contributed by atoms with Gasteiger partial charge in [0.05, 0.1) is 23.7 Å². The van der Waals surface area contributed by atoms with Crippen LogP contribution in [0.25, 0.3) is 22.2 Å². The third-order valence-electron chi connectivity index (χ3n) is 8.54. The fourth-order valence-corrected chi connectivity index (χ4v) is 6.20. The molecule has 7 nitrogen and oxygen atoms in total. The Hall–Kier alpha value is -3.68. The van der Waals surface area contributed by atoms with Crippen LogP contribution < -0.4 is 10.1 Å². The third-order valence-corrected chi connectivity index (χ3v) is 8.54. The molecule has 3 heterocycles. The Labute approximate surface area is 216 Å². The lowest BCUT2D eigenvalue weighted by Gasteiger charge is -2.32. The summed E-state index contributed by atoms with van der Waals surface area (Å²) in [5, 5.41) is 12.1. The average molecular weight is 494 g/mol. The van der Waals surface area contributed by atoms with Gasteiger partial charge >= 0.3 is 0 Å². The first-order valence-corrected chi connectivity index (χ1v) is 13.0. The van der Waals surface area contributed by atoms with Crippen LogP contribution in [0.15, 0.2) is 60.7 Å². The number of fused-ring (bicyclic) bond motifs is 3. The summed E-state index contributed by atoms with van der Waals surface area (Å²) in [4.78, 5) is 17.9. The highest BCUT2D eigenvalue weighted by atomic mass is 16.5. The first-order chi connectivity index (χ1) is 18.0. The highest BCUT2D eigenvalue weighted by Gasteiger charge is 2.65. The van der Waals surface area contributed by atoms with Crippen molar-refractivity contribution in [2.24, 2.45) is 0 Å². The van der Waals surface area contributed by atoms with Gasteiger partial charge in [-0.15, -0.1) is 0 Å². The Balaban J connectivity index is 1.12. The van der Waals surface area contributed by atoms with Crippen LogP contribution in [-0.4, -0.2) is 66.2 Å². The summed E-state index contributed by atoms with van der Waals surface area (Å²) < 4.78 is 5.43. The van der Waals surface area contributed by atoms with Gasteiger partial charge in [-0.05, 0) is 54.4 Å². The molecule has 0 bridgehead atoms. The van der Waals surface area contributed by atoms with E-state index in [1.165, 1.54) is 5.56 Å². The zero-order valence-corrected chi connectivity index (χ0v) is 21.3. The molecular formula is C30H31N5O2. The molecule has 1 saturated carbocycles. The number of H-pyrrole nitrogens is 1. The minimum absolute atomic E-state index is 0.0859. The number of amides is 1. The topological polar surface area (TPSA) is 73.5 Å². The highest BCUT2D eigenvalue weighted by Crippen LogP contribution is 2.65. The van der Waals surface area contributed by atoms with E-state index in [9.17, 15) is 4.79 Å². The minimum atomic E-state index is -0.500. The second-order valence-electron chi connectivity index (χ2n) is 10.7. The first-order valence-electron chi connectivity index (χ1n) is 13.0. The van der Waals surface area contributed by atoms with E-state index < -0.39 is 5.41 Å². The van der Waals surface area contributed by atoms with Crippen LogP contribution in [0.4, 0.5) is 5.69 Å². The summed E-state index contributed by atoms with van der Waals surface area (Å²) >= 11 is 0. The number of carbonyl (C=O) groups excluding carboxylic acids is 1. The summed E-state index contributed by atoms with van der Waals surface area (Å²) in [5.41, 5.74) is 7.02. The molecule has 2 aliphatic heterocycles. The number of hydrogen-bond donors (Lipinski definition) is 2. The Morgan fingerprint density at radius 1 is 1.03 bits per heavy atom.